The van der Waals surface area contributed by atoms with E-state index in [1.54, 1.807) is 13.0 Å². The molecule has 3 rings (SSSR count). The van der Waals surface area contributed by atoms with Gasteiger partial charge in [0.15, 0.2) is 5.69 Å². The van der Waals surface area contributed by atoms with Gasteiger partial charge in [-0.05, 0) is 46.1 Å². The van der Waals surface area contributed by atoms with Crippen LogP contribution < -0.4 is 0 Å². The van der Waals surface area contributed by atoms with Gasteiger partial charge in [-0.15, -0.1) is 22.7 Å². The maximum Gasteiger partial charge on any atom is 0.525 e. The lowest BCUT2D eigenvalue weighted by molar-refractivity contribution is 0.00578. The van der Waals surface area contributed by atoms with Gasteiger partial charge >= 0.3 is 13.1 Å². The molecule has 0 N–H and O–H groups in total. The van der Waals surface area contributed by atoms with E-state index in [1.165, 1.54) is 29.8 Å². The number of carbonyl (C=O) groups excluding carboxylic acids is 1. The Kier molecular flexibility index (Phi) is 5.33. The fourth-order valence-corrected chi connectivity index (χ4v) is 4.47. The molecule has 1 aliphatic heterocycles. The van der Waals surface area contributed by atoms with Crippen LogP contribution in [0.15, 0.2) is 23.2 Å². The van der Waals surface area contributed by atoms with Crippen LogP contribution in [-0.4, -0.2) is 36.4 Å². The number of carbonyl (C=O) groups is 1. The number of aromatic nitrogens is 1. The quantitative estimate of drug-likeness (QED) is 0.543. The summed E-state index contributed by atoms with van der Waals surface area (Å²) in [5, 5.41) is 2.49. The van der Waals surface area contributed by atoms with Crippen LogP contribution in [0.3, 0.4) is 0 Å². The number of ether oxygens (including phenoxy) is 1. The Morgan fingerprint density at radius 1 is 1.26 bits per heavy atom. The van der Waals surface area contributed by atoms with E-state index in [9.17, 15) is 4.79 Å². The van der Waals surface area contributed by atoms with Crippen molar-refractivity contribution in [1.82, 2.24) is 4.98 Å². The minimum Gasteiger partial charge on any atom is -0.464 e. The Morgan fingerprint density at radius 2 is 1.89 bits per heavy atom. The summed E-state index contributed by atoms with van der Waals surface area (Å²) in [6.07, 6.45) is 0. The molecule has 1 fully saturated rings. The topological polar surface area (TPSA) is 57.7 Å². The number of methoxy groups -OCH3 is 1. The van der Waals surface area contributed by atoms with Crippen molar-refractivity contribution in [2.24, 2.45) is 0 Å². The molecule has 0 bridgehead atoms. The molecule has 0 saturated carbocycles. The number of thiazole rings is 1. The van der Waals surface area contributed by atoms with Gasteiger partial charge in [0.2, 0.25) is 0 Å². The number of thiophene rings is 1. The first kappa shape index (κ1) is 20.2. The predicted molar refractivity (Wildman–Crippen MR) is 106 cm³/mol. The molecule has 9 heteroatoms. The maximum atomic E-state index is 15.7. The fraction of sp³-hybridized carbons (Fsp3) is 0.444. The number of rotatable bonds is 4. The first-order valence-corrected chi connectivity index (χ1v) is 10.1. The van der Waals surface area contributed by atoms with E-state index in [0.29, 0.717) is 14.8 Å². The second-order valence-corrected chi connectivity index (χ2v) is 9.34. The van der Waals surface area contributed by atoms with Crippen molar-refractivity contribution in [1.29, 1.82) is 0 Å². The highest BCUT2D eigenvalue weighted by Gasteiger charge is 2.54. The summed E-state index contributed by atoms with van der Waals surface area (Å²) in [6, 6.07) is 3.62. The first-order valence-electron chi connectivity index (χ1n) is 8.42. The Morgan fingerprint density at radius 3 is 2.41 bits per heavy atom. The number of nitrogens with zero attached hydrogens (tertiary/aromatic N) is 1. The average Bonchev–Trinajstić information content (AvgIpc) is 3.27. The molecule has 0 radical (unpaired) electrons. The van der Waals surface area contributed by atoms with E-state index >= 15 is 4.39 Å². The summed E-state index contributed by atoms with van der Waals surface area (Å²) in [6.45, 7) is 9.21. The van der Waals surface area contributed by atoms with E-state index in [0.717, 1.165) is 0 Å². The standard InChI is InChI=1S/C18H21BFNO4S2/c1-10-21-13(16(22)23-6)14(27-10)12(11-8-7-9-26-11)15(20)19-24-17(2,3)18(4,5)25-19/h7-9H,1-6H3. The minimum atomic E-state index is -1.17. The Hall–Kier alpha value is -1.55. The highest BCUT2D eigenvalue weighted by molar-refractivity contribution is 7.15. The molecule has 144 valence electrons. The minimum absolute atomic E-state index is 0.0927. The third-order valence-electron chi connectivity index (χ3n) is 4.81. The van der Waals surface area contributed by atoms with Crippen molar-refractivity contribution in [3.05, 3.63) is 43.7 Å². The zero-order valence-electron chi connectivity index (χ0n) is 16.1. The van der Waals surface area contributed by atoms with Gasteiger partial charge in [0.25, 0.3) is 0 Å². The van der Waals surface area contributed by atoms with Gasteiger partial charge in [-0.3, -0.25) is 0 Å². The number of halogens is 1. The van der Waals surface area contributed by atoms with Crippen molar-refractivity contribution in [3.8, 4) is 0 Å². The molecule has 0 atom stereocenters. The number of aryl methyl sites for hydroxylation is 1. The molecular weight excluding hydrogens is 388 g/mol. The van der Waals surface area contributed by atoms with Crippen molar-refractivity contribution < 1.29 is 23.2 Å². The van der Waals surface area contributed by atoms with Crippen LogP contribution in [0.5, 0.6) is 0 Å². The van der Waals surface area contributed by atoms with Crippen LogP contribution in [0.4, 0.5) is 4.39 Å². The summed E-state index contributed by atoms with van der Waals surface area (Å²) in [4.78, 5) is 17.5. The molecule has 0 amide bonds. The summed E-state index contributed by atoms with van der Waals surface area (Å²) in [7, 11) is 0.111. The molecular formula is C18H21BFNO4S2. The molecule has 27 heavy (non-hydrogen) atoms. The molecule has 1 saturated heterocycles. The largest absolute Gasteiger partial charge is 0.525 e. The van der Waals surface area contributed by atoms with Crippen LogP contribution in [0, 0.1) is 6.92 Å². The second-order valence-electron chi connectivity index (χ2n) is 7.19. The molecule has 5 nitrogen and oxygen atoms in total. The highest BCUT2D eigenvalue weighted by atomic mass is 32.1. The molecule has 0 aliphatic carbocycles. The SMILES string of the molecule is COC(=O)c1nc(C)sc1C(=C(F)B1OC(C)(C)C(C)(C)O1)c1cccs1. The van der Waals surface area contributed by atoms with Gasteiger partial charge in [0.05, 0.1) is 28.2 Å². The molecule has 2 aromatic rings. The van der Waals surface area contributed by atoms with Crippen LogP contribution >= 0.6 is 22.7 Å². The Balaban J connectivity index is 2.17. The Bertz CT molecular complexity index is 873. The zero-order chi connectivity index (χ0) is 20.0. The second kappa shape index (κ2) is 7.12. The Labute approximate surface area is 166 Å². The van der Waals surface area contributed by atoms with Gasteiger partial charge in [-0.1, -0.05) is 6.07 Å². The predicted octanol–water partition coefficient (Wildman–Crippen LogP) is 4.66. The maximum absolute atomic E-state index is 15.7. The van der Waals surface area contributed by atoms with Crippen molar-refractivity contribution in [2.45, 2.75) is 45.8 Å². The van der Waals surface area contributed by atoms with E-state index in [4.69, 9.17) is 14.0 Å². The third-order valence-corrected chi connectivity index (χ3v) is 6.68. The summed E-state index contributed by atoms with van der Waals surface area (Å²) in [5.41, 5.74) is -1.58. The lowest BCUT2D eigenvalue weighted by Crippen LogP contribution is -2.41. The third kappa shape index (κ3) is 3.61. The van der Waals surface area contributed by atoms with Gasteiger partial charge < -0.3 is 14.0 Å². The van der Waals surface area contributed by atoms with Crippen LogP contribution in [0.25, 0.3) is 5.57 Å². The van der Waals surface area contributed by atoms with Crippen LogP contribution in [0.2, 0.25) is 0 Å². The summed E-state index contributed by atoms with van der Waals surface area (Å²) in [5.74, 6) is -0.606. The number of esters is 1. The van der Waals surface area contributed by atoms with E-state index in [1.807, 2.05) is 39.1 Å². The van der Waals surface area contributed by atoms with Gasteiger partial charge in [0, 0.05) is 10.5 Å². The van der Waals surface area contributed by atoms with Crippen molar-refractivity contribution in [3.63, 3.8) is 0 Å². The summed E-state index contributed by atoms with van der Waals surface area (Å²) < 4.78 is 32.3. The lowest BCUT2D eigenvalue weighted by atomic mass is 9.83. The molecule has 3 heterocycles. The molecule has 0 spiro atoms. The monoisotopic (exact) mass is 409 g/mol. The van der Waals surface area contributed by atoms with Crippen molar-refractivity contribution in [2.75, 3.05) is 7.11 Å². The van der Waals surface area contributed by atoms with E-state index < -0.39 is 30.0 Å². The normalized spacial score (nSPS) is 19.1. The van der Waals surface area contributed by atoms with Gasteiger partial charge in [-0.2, -0.15) is 0 Å². The summed E-state index contributed by atoms with van der Waals surface area (Å²) >= 11 is 2.60. The highest BCUT2D eigenvalue weighted by Crippen LogP contribution is 2.43. The average molecular weight is 409 g/mol. The zero-order valence-corrected chi connectivity index (χ0v) is 17.7. The molecule has 1 aliphatic rings. The number of hydrogen-bond acceptors (Lipinski definition) is 7. The van der Waals surface area contributed by atoms with Gasteiger partial charge in [-0.25, -0.2) is 14.2 Å². The molecule has 0 aromatic carbocycles. The fourth-order valence-electron chi connectivity index (χ4n) is 2.65. The van der Waals surface area contributed by atoms with E-state index in [-0.39, 0.29) is 11.3 Å². The molecule has 0 unspecified atom stereocenters. The van der Waals surface area contributed by atoms with Crippen LogP contribution in [0.1, 0.15) is 52.9 Å². The molecule has 2 aromatic heterocycles. The first-order chi connectivity index (χ1) is 12.6. The number of hydrogen-bond donors (Lipinski definition) is 0. The van der Waals surface area contributed by atoms with Crippen LogP contribution in [-0.2, 0) is 14.0 Å². The van der Waals surface area contributed by atoms with Crippen molar-refractivity contribution >= 4 is 41.3 Å². The van der Waals surface area contributed by atoms with E-state index in [2.05, 4.69) is 4.98 Å². The van der Waals surface area contributed by atoms with Gasteiger partial charge in [0.1, 0.15) is 5.73 Å². The smallest absolute Gasteiger partial charge is 0.464 e. The lowest BCUT2D eigenvalue weighted by Gasteiger charge is -2.32.